The van der Waals surface area contributed by atoms with Crippen LogP contribution in [0.15, 0.2) is 6.20 Å². The Labute approximate surface area is 66.0 Å². The molecule has 0 saturated heterocycles. The lowest BCUT2D eigenvalue weighted by molar-refractivity contribution is 0.108. The van der Waals surface area contributed by atoms with Gasteiger partial charge in [0.1, 0.15) is 0 Å². The summed E-state index contributed by atoms with van der Waals surface area (Å²) in [6.07, 6.45) is 3.15. The largest absolute Gasteiger partial charge is 0.375 e. The number of aryl methyl sites for hydroxylation is 1. The van der Waals surface area contributed by atoms with E-state index < -0.39 is 0 Å². The molecule has 1 aromatic rings. The Bertz CT molecular complexity index is 231. The van der Waals surface area contributed by atoms with Crippen LogP contribution < -0.4 is 0 Å². The molecule has 2 rings (SSSR count). The third-order valence-electron chi connectivity index (χ3n) is 2.00. The first-order valence-electron chi connectivity index (χ1n) is 4.03. The lowest BCUT2D eigenvalue weighted by Crippen LogP contribution is -2.07. The van der Waals surface area contributed by atoms with E-state index in [4.69, 9.17) is 4.74 Å². The van der Waals surface area contributed by atoms with E-state index in [0.29, 0.717) is 6.61 Å². The second kappa shape index (κ2) is 2.66. The van der Waals surface area contributed by atoms with Crippen molar-refractivity contribution in [2.45, 2.75) is 26.5 Å². The van der Waals surface area contributed by atoms with Gasteiger partial charge in [-0.05, 0) is 18.9 Å². The predicted molar refractivity (Wildman–Crippen MR) is 41.3 cm³/mol. The Kier molecular flexibility index (Phi) is 1.66. The molecule has 11 heavy (non-hydrogen) atoms. The van der Waals surface area contributed by atoms with E-state index in [1.807, 2.05) is 4.68 Å². The molecule has 0 unspecified atom stereocenters. The van der Waals surface area contributed by atoms with E-state index in [-0.39, 0.29) is 0 Å². The summed E-state index contributed by atoms with van der Waals surface area (Å²) < 4.78 is 7.25. The second-order valence-electron chi connectivity index (χ2n) is 2.76. The van der Waals surface area contributed by atoms with Gasteiger partial charge in [-0.1, -0.05) is 0 Å². The van der Waals surface area contributed by atoms with Crippen molar-refractivity contribution in [3.63, 3.8) is 0 Å². The van der Waals surface area contributed by atoms with Crippen LogP contribution in [0, 0.1) is 0 Å². The number of fused-ring (bicyclic) bond motifs is 1. The summed E-state index contributed by atoms with van der Waals surface area (Å²) in [6, 6.07) is 0. The molecule has 1 aliphatic heterocycles. The minimum atomic E-state index is 0.697. The van der Waals surface area contributed by atoms with E-state index in [2.05, 4.69) is 18.2 Å². The summed E-state index contributed by atoms with van der Waals surface area (Å²) in [5, 5.41) is 4.36. The third kappa shape index (κ3) is 1.16. The van der Waals surface area contributed by atoms with Crippen molar-refractivity contribution < 1.29 is 4.74 Å². The number of rotatable bonds is 1. The molecular weight excluding hydrogens is 140 g/mol. The summed E-state index contributed by atoms with van der Waals surface area (Å²) in [7, 11) is 0. The van der Waals surface area contributed by atoms with Crippen LogP contribution in [0.5, 0.6) is 0 Å². The summed E-state index contributed by atoms with van der Waals surface area (Å²) in [5.41, 5.74) is 2.48. The maximum absolute atomic E-state index is 5.28. The van der Waals surface area contributed by atoms with Gasteiger partial charge in [0.05, 0.1) is 18.9 Å². The molecule has 3 heteroatoms. The molecular formula is C8H12N2O. The topological polar surface area (TPSA) is 27.1 Å². The fourth-order valence-corrected chi connectivity index (χ4v) is 1.35. The van der Waals surface area contributed by atoms with Crippen LogP contribution in [0.2, 0.25) is 0 Å². The maximum Gasteiger partial charge on any atom is 0.0914 e. The number of hydrogen-bond donors (Lipinski definition) is 0. The molecule has 0 aliphatic carbocycles. The highest BCUT2D eigenvalue weighted by Crippen LogP contribution is 2.13. The molecule has 0 radical (unpaired) electrons. The monoisotopic (exact) mass is 152 g/mol. The minimum absolute atomic E-state index is 0.697. The van der Waals surface area contributed by atoms with Crippen LogP contribution in [0.4, 0.5) is 0 Å². The van der Waals surface area contributed by atoms with E-state index in [1.165, 1.54) is 5.56 Å². The van der Waals surface area contributed by atoms with Crippen LogP contribution in [0.25, 0.3) is 0 Å². The van der Waals surface area contributed by atoms with Gasteiger partial charge in [0.15, 0.2) is 0 Å². The first-order chi connectivity index (χ1) is 5.40. The Morgan fingerprint density at radius 3 is 3.36 bits per heavy atom. The van der Waals surface area contributed by atoms with E-state index >= 15 is 0 Å². The summed E-state index contributed by atoms with van der Waals surface area (Å²) in [5.74, 6) is 0. The average Bonchev–Trinajstić information content (AvgIpc) is 2.46. The molecule has 3 nitrogen and oxygen atoms in total. The fraction of sp³-hybridized carbons (Fsp3) is 0.625. The van der Waals surface area contributed by atoms with Crippen LogP contribution >= 0.6 is 0 Å². The molecule has 2 heterocycles. The standard InChI is InChI=1S/C8H12N2O/c1-2-10-5-7-3-4-11-6-8(7)9-10/h5H,2-4,6H2,1H3. The molecule has 1 aliphatic rings. The van der Waals surface area contributed by atoms with Gasteiger partial charge in [0.2, 0.25) is 0 Å². The third-order valence-corrected chi connectivity index (χ3v) is 2.00. The fourth-order valence-electron chi connectivity index (χ4n) is 1.35. The van der Waals surface area contributed by atoms with Crippen LogP contribution in [-0.2, 0) is 24.3 Å². The van der Waals surface area contributed by atoms with Crippen LogP contribution in [0.1, 0.15) is 18.2 Å². The average molecular weight is 152 g/mol. The van der Waals surface area contributed by atoms with E-state index in [9.17, 15) is 0 Å². The van der Waals surface area contributed by atoms with Gasteiger partial charge in [-0.2, -0.15) is 5.10 Å². The molecule has 0 spiro atoms. The molecule has 0 atom stereocenters. The van der Waals surface area contributed by atoms with Crippen molar-refractivity contribution in [1.82, 2.24) is 9.78 Å². The first kappa shape index (κ1) is 6.85. The summed E-state index contributed by atoms with van der Waals surface area (Å²) in [6.45, 7) is 4.59. The lowest BCUT2D eigenvalue weighted by Gasteiger charge is -2.08. The molecule has 0 saturated carbocycles. The smallest absolute Gasteiger partial charge is 0.0914 e. The Morgan fingerprint density at radius 2 is 2.64 bits per heavy atom. The number of hydrogen-bond acceptors (Lipinski definition) is 2. The Balaban J connectivity index is 2.32. The van der Waals surface area contributed by atoms with Crippen molar-refractivity contribution >= 4 is 0 Å². The van der Waals surface area contributed by atoms with E-state index in [0.717, 1.165) is 25.3 Å². The van der Waals surface area contributed by atoms with Gasteiger partial charge in [-0.25, -0.2) is 0 Å². The molecule has 0 aromatic carbocycles. The second-order valence-corrected chi connectivity index (χ2v) is 2.76. The first-order valence-corrected chi connectivity index (χ1v) is 4.03. The van der Waals surface area contributed by atoms with Gasteiger partial charge in [0.25, 0.3) is 0 Å². The SMILES string of the molecule is CCn1cc2c(n1)COCC2. The summed E-state index contributed by atoms with van der Waals surface area (Å²) >= 11 is 0. The lowest BCUT2D eigenvalue weighted by atomic mass is 10.2. The van der Waals surface area contributed by atoms with Crippen molar-refractivity contribution in [2.24, 2.45) is 0 Å². The molecule has 0 amide bonds. The zero-order valence-corrected chi connectivity index (χ0v) is 6.71. The molecule has 60 valence electrons. The predicted octanol–water partition coefficient (Wildman–Crippen LogP) is 0.976. The normalized spacial score (nSPS) is 16.5. The Morgan fingerprint density at radius 1 is 1.73 bits per heavy atom. The highest BCUT2D eigenvalue weighted by molar-refractivity contribution is 5.18. The highest BCUT2D eigenvalue weighted by atomic mass is 16.5. The van der Waals surface area contributed by atoms with Crippen molar-refractivity contribution in [3.8, 4) is 0 Å². The minimum Gasteiger partial charge on any atom is -0.375 e. The zero-order chi connectivity index (χ0) is 7.68. The molecule has 0 N–H and O–H groups in total. The summed E-state index contributed by atoms with van der Waals surface area (Å²) in [4.78, 5) is 0. The van der Waals surface area contributed by atoms with Crippen molar-refractivity contribution in [1.29, 1.82) is 0 Å². The number of ether oxygens (including phenoxy) is 1. The maximum atomic E-state index is 5.28. The van der Waals surface area contributed by atoms with Gasteiger partial charge in [0, 0.05) is 12.7 Å². The van der Waals surface area contributed by atoms with Crippen LogP contribution in [-0.4, -0.2) is 16.4 Å². The van der Waals surface area contributed by atoms with Crippen molar-refractivity contribution in [3.05, 3.63) is 17.5 Å². The van der Waals surface area contributed by atoms with E-state index in [1.54, 1.807) is 0 Å². The van der Waals surface area contributed by atoms with Gasteiger partial charge in [-0.3, -0.25) is 4.68 Å². The highest BCUT2D eigenvalue weighted by Gasteiger charge is 2.12. The molecule has 0 bridgehead atoms. The molecule has 1 aromatic heterocycles. The Hall–Kier alpha value is -0.830. The number of nitrogens with zero attached hydrogens (tertiary/aromatic N) is 2. The van der Waals surface area contributed by atoms with Gasteiger partial charge in [-0.15, -0.1) is 0 Å². The van der Waals surface area contributed by atoms with Crippen LogP contribution in [0.3, 0.4) is 0 Å². The molecule has 0 fully saturated rings. The van der Waals surface area contributed by atoms with Crippen molar-refractivity contribution in [2.75, 3.05) is 6.61 Å². The zero-order valence-electron chi connectivity index (χ0n) is 6.71. The quantitative estimate of drug-likeness (QED) is 0.599. The number of aromatic nitrogens is 2. The van der Waals surface area contributed by atoms with Gasteiger partial charge < -0.3 is 4.74 Å². The van der Waals surface area contributed by atoms with Gasteiger partial charge >= 0.3 is 0 Å².